The summed E-state index contributed by atoms with van der Waals surface area (Å²) in [4.78, 5) is 13.2. The van der Waals surface area contributed by atoms with E-state index in [9.17, 15) is 4.79 Å². The molecule has 0 radical (unpaired) electrons. The molecular formula is C7H9NO3. The SMILES string of the molecule is CO[C@H](C(=O)O)c1ccc[nH]1. The molecule has 0 fully saturated rings. The van der Waals surface area contributed by atoms with Gasteiger partial charge in [-0.15, -0.1) is 0 Å². The van der Waals surface area contributed by atoms with E-state index in [2.05, 4.69) is 4.98 Å². The van der Waals surface area contributed by atoms with Crippen LogP contribution in [-0.4, -0.2) is 23.2 Å². The van der Waals surface area contributed by atoms with Crippen molar-refractivity contribution in [3.8, 4) is 0 Å². The van der Waals surface area contributed by atoms with Crippen LogP contribution in [0.4, 0.5) is 0 Å². The van der Waals surface area contributed by atoms with E-state index in [1.807, 2.05) is 0 Å². The van der Waals surface area contributed by atoms with Crippen molar-refractivity contribution >= 4 is 5.97 Å². The summed E-state index contributed by atoms with van der Waals surface area (Å²) in [7, 11) is 1.36. The van der Waals surface area contributed by atoms with Crippen LogP contribution in [-0.2, 0) is 9.53 Å². The van der Waals surface area contributed by atoms with Crippen LogP contribution in [0.5, 0.6) is 0 Å². The lowest BCUT2D eigenvalue weighted by Gasteiger charge is -2.06. The Morgan fingerprint density at radius 2 is 2.55 bits per heavy atom. The topological polar surface area (TPSA) is 62.3 Å². The van der Waals surface area contributed by atoms with E-state index in [0.29, 0.717) is 5.69 Å². The Kier molecular flexibility index (Phi) is 2.28. The van der Waals surface area contributed by atoms with Gasteiger partial charge in [-0.05, 0) is 12.1 Å². The summed E-state index contributed by atoms with van der Waals surface area (Å²) in [5.41, 5.74) is 0.556. The molecule has 0 aliphatic heterocycles. The van der Waals surface area contributed by atoms with Crippen molar-refractivity contribution in [2.75, 3.05) is 7.11 Å². The zero-order valence-corrected chi connectivity index (χ0v) is 6.07. The van der Waals surface area contributed by atoms with Crippen LogP contribution in [0.2, 0.25) is 0 Å². The second-order valence-corrected chi connectivity index (χ2v) is 2.08. The minimum Gasteiger partial charge on any atom is -0.479 e. The molecule has 0 amide bonds. The van der Waals surface area contributed by atoms with Crippen LogP contribution < -0.4 is 0 Å². The molecule has 0 bridgehead atoms. The van der Waals surface area contributed by atoms with E-state index in [1.165, 1.54) is 7.11 Å². The third kappa shape index (κ3) is 1.59. The van der Waals surface area contributed by atoms with Crippen molar-refractivity contribution in [2.45, 2.75) is 6.10 Å². The molecule has 1 aromatic rings. The summed E-state index contributed by atoms with van der Waals surface area (Å²) in [6.07, 6.45) is 0.773. The number of aromatic nitrogens is 1. The quantitative estimate of drug-likeness (QED) is 0.678. The molecule has 1 aromatic heterocycles. The fourth-order valence-corrected chi connectivity index (χ4v) is 0.868. The molecule has 4 heteroatoms. The van der Waals surface area contributed by atoms with Gasteiger partial charge in [-0.1, -0.05) is 0 Å². The summed E-state index contributed by atoms with van der Waals surface area (Å²) < 4.78 is 4.73. The monoisotopic (exact) mass is 155 g/mol. The number of H-pyrrole nitrogens is 1. The number of carbonyl (C=O) groups is 1. The average Bonchev–Trinajstić information content (AvgIpc) is 2.40. The molecule has 0 aromatic carbocycles. The van der Waals surface area contributed by atoms with Gasteiger partial charge in [0.15, 0.2) is 6.10 Å². The normalized spacial score (nSPS) is 12.8. The molecule has 2 N–H and O–H groups in total. The molecule has 4 nitrogen and oxygen atoms in total. The first-order valence-electron chi connectivity index (χ1n) is 3.14. The van der Waals surface area contributed by atoms with Crippen LogP contribution in [0.1, 0.15) is 11.8 Å². The van der Waals surface area contributed by atoms with Crippen LogP contribution in [0.25, 0.3) is 0 Å². The maximum atomic E-state index is 10.5. The molecule has 0 saturated carbocycles. The highest BCUT2D eigenvalue weighted by atomic mass is 16.5. The highest BCUT2D eigenvalue weighted by Crippen LogP contribution is 2.13. The summed E-state index contributed by atoms with van der Waals surface area (Å²) in [5, 5.41) is 8.60. The van der Waals surface area contributed by atoms with Gasteiger partial charge in [-0.3, -0.25) is 0 Å². The van der Waals surface area contributed by atoms with Crippen molar-refractivity contribution in [1.82, 2.24) is 4.98 Å². The lowest BCUT2D eigenvalue weighted by atomic mass is 10.2. The molecule has 11 heavy (non-hydrogen) atoms. The molecule has 0 aliphatic carbocycles. The second kappa shape index (κ2) is 3.21. The number of carboxylic acid groups (broad SMARTS) is 1. The molecule has 0 saturated heterocycles. The third-order valence-corrected chi connectivity index (χ3v) is 1.36. The first-order valence-corrected chi connectivity index (χ1v) is 3.14. The van der Waals surface area contributed by atoms with Crippen LogP contribution in [0.15, 0.2) is 18.3 Å². The predicted molar refractivity (Wildman–Crippen MR) is 38.2 cm³/mol. The zero-order valence-electron chi connectivity index (χ0n) is 6.07. The summed E-state index contributed by atoms with van der Waals surface area (Å²) >= 11 is 0. The lowest BCUT2D eigenvalue weighted by Crippen LogP contribution is -2.13. The molecular weight excluding hydrogens is 146 g/mol. The van der Waals surface area contributed by atoms with Crippen LogP contribution in [0, 0.1) is 0 Å². The smallest absolute Gasteiger partial charge is 0.339 e. The van der Waals surface area contributed by atoms with Crippen molar-refractivity contribution in [2.24, 2.45) is 0 Å². The number of rotatable bonds is 3. The number of aliphatic carboxylic acids is 1. The number of hydrogen-bond acceptors (Lipinski definition) is 2. The molecule has 0 spiro atoms. The molecule has 60 valence electrons. The van der Waals surface area contributed by atoms with E-state index < -0.39 is 12.1 Å². The Hall–Kier alpha value is -1.29. The van der Waals surface area contributed by atoms with Gasteiger partial charge in [0.05, 0.1) is 5.69 Å². The predicted octanol–water partition coefficient (Wildman–Crippen LogP) is 0.787. The van der Waals surface area contributed by atoms with E-state index in [4.69, 9.17) is 9.84 Å². The van der Waals surface area contributed by atoms with Gasteiger partial charge in [0.1, 0.15) is 0 Å². The largest absolute Gasteiger partial charge is 0.479 e. The van der Waals surface area contributed by atoms with Gasteiger partial charge in [0.25, 0.3) is 0 Å². The zero-order chi connectivity index (χ0) is 8.27. The molecule has 0 unspecified atom stereocenters. The van der Waals surface area contributed by atoms with Crippen molar-refractivity contribution in [3.63, 3.8) is 0 Å². The van der Waals surface area contributed by atoms with Gasteiger partial charge in [0.2, 0.25) is 0 Å². The standard InChI is InChI=1S/C7H9NO3/c1-11-6(7(9)10)5-3-2-4-8-5/h2-4,6,8H,1H3,(H,9,10)/t6-/m0/s1. The van der Waals surface area contributed by atoms with Gasteiger partial charge in [0, 0.05) is 13.3 Å². The van der Waals surface area contributed by atoms with Gasteiger partial charge in [-0.25, -0.2) is 4.79 Å². The summed E-state index contributed by atoms with van der Waals surface area (Å²) in [6.45, 7) is 0. The molecule has 1 rings (SSSR count). The average molecular weight is 155 g/mol. The Labute approximate surface area is 63.8 Å². The van der Waals surface area contributed by atoms with E-state index in [1.54, 1.807) is 18.3 Å². The van der Waals surface area contributed by atoms with Gasteiger partial charge >= 0.3 is 5.97 Å². The Morgan fingerprint density at radius 1 is 1.82 bits per heavy atom. The fourth-order valence-electron chi connectivity index (χ4n) is 0.868. The molecule has 0 aliphatic rings. The number of hydrogen-bond donors (Lipinski definition) is 2. The Balaban J connectivity index is 2.79. The van der Waals surface area contributed by atoms with Crippen molar-refractivity contribution < 1.29 is 14.6 Å². The maximum absolute atomic E-state index is 10.5. The first-order chi connectivity index (χ1) is 5.25. The molecule has 1 heterocycles. The third-order valence-electron chi connectivity index (χ3n) is 1.36. The lowest BCUT2D eigenvalue weighted by molar-refractivity contribution is -0.149. The minimum absolute atomic E-state index is 0.556. The molecule has 1 atom stereocenters. The number of aromatic amines is 1. The highest BCUT2D eigenvalue weighted by molar-refractivity contribution is 5.73. The number of carboxylic acids is 1. The minimum atomic E-state index is -0.991. The van der Waals surface area contributed by atoms with Crippen LogP contribution >= 0.6 is 0 Å². The van der Waals surface area contributed by atoms with E-state index >= 15 is 0 Å². The highest BCUT2D eigenvalue weighted by Gasteiger charge is 2.18. The second-order valence-electron chi connectivity index (χ2n) is 2.08. The van der Waals surface area contributed by atoms with Crippen LogP contribution in [0.3, 0.4) is 0 Å². The maximum Gasteiger partial charge on any atom is 0.339 e. The number of ether oxygens (including phenoxy) is 1. The Bertz CT molecular complexity index is 230. The van der Waals surface area contributed by atoms with E-state index in [0.717, 1.165) is 0 Å². The number of methoxy groups -OCH3 is 1. The Morgan fingerprint density at radius 3 is 2.91 bits per heavy atom. The van der Waals surface area contributed by atoms with Crippen molar-refractivity contribution in [3.05, 3.63) is 24.0 Å². The van der Waals surface area contributed by atoms with Gasteiger partial charge < -0.3 is 14.8 Å². The van der Waals surface area contributed by atoms with Gasteiger partial charge in [-0.2, -0.15) is 0 Å². The van der Waals surface area contributed by atoms with E-state index in [-0.39, 0.29) is 0 Å². The number of nitrogens with one attached hydrogen (secondary N) is 1. The summed E-state index contributed by atoms with van der Waals surface area (Å²) in [6, 6.07) is 3.40. The fraction of sp³-hybridized carbons (Fsp3) is 0.286. The summed E-state index contributed by atoms with van der Waals surface area (Å²) in [5.74, 6) is -0.991. The first kappa shape index (κ1) is 7.81. The van der Waals surface area contributed by atoms with Crippen molar-refractivity contribution in [1.29, 1.82) is 0 Å².